The molecular weight excluding hydrogens is 250 g/mol. The van der Waals surface area contributed by atoms with E-state index in [1.807, 2.05) is 30.3 Å². The summed E-state index contributed by atoms with van der Waals surface area (Å²) < 4.78 is 5.19. The molecule has 0 bridgehead atoms. The van der Waals surface area contributed by atoms with E-state index in [9.17, 15) is 14.4 Å². The van der Waals surface area contributed by atoms with Gasteiger partial charge in [-0.15, -0.1) is 0 Å². The average molecular weight is 264 g/mol. The highest BCUT2D eigenvalue weighted by Gasteiger charge is 2.23. The van der Waals surface area contributed by atoms with Crippen molar-refractivity contribution in [2.45, 2.75) is 6.61 Å². The molecule has 0 unspecified atom stereocenters. The molecule has 4 N–H and O–H groups in total. The van der Waals surface area contributed by atoms with Crippen LogP contribution < -0.4 is 11.5 Å². The molecule has 1 radical (unpaired) electrons. The van der Waals surface area contributed by atoms with E-state index in [-0.39, 0.29) is 11.5 Å². The number of rotatable bonds is 5. The summed E-state index contributed by atoms with van der Waals surface area (Å²) in [6, 6.07) is 6.86. The van der Waals surface area contributed by atoms with Crippen LogP contribution in [0.1, 0.15) is 5.56 Å². The standard InChI is InChI=1S/C12H14N3O4/c13-11(17)15(12(14)18)10(16)6-7-19-8-9-4-2-1-3-5-9/h1-6H,7-8H2,(H2,13,17)(H2,14,18). The number of hydrogen-bond acceptors (Lipinski definition) is 4. The van der Waals surface area contributed by atoms with Crippen LogP contribution in [0.25, 0.3) is 0 Å². The predicted octanol–water partition coefficient (Wildman–Crippen LogP) is 0.393. The zero-order valence-corrected chi connectivity index (χ0v) is 10.1. The van der Waals surface area contributed by atoms with Crippen molar-refractivity contribution >= 4 is 18.0 Å². The second-order valence-corrected chi connectivity index (χ2v) is 3.55. The summed E-state index contributed by atoms with van der Waals surface area (Å²) in [5.41, 5.74) is 10.6. The van der Waals surface area contributed by atoms with Crippen molar-refractivity contribution in [3.63, 3.8) is 0 Å². The fourth-order valence-corrected chi connectivity index (χ4v) is 1.30. The minimum atomic E-state index is -1.23. The number of urea groups is 2. The van der Waals surface area contributed by atoms with Gasteiger partial charge < -0.3 is 16.2 Å². The minimum Gasteiger partial charge on any atom is -0.376 e. The highest BCUT2D eigenvalue weighted by Crippen LogP contribution is 2.01. The molecule has 1 aromatic carbocycles. The predicted molar refractivity (Wildman–Crippen MR) is 66.4 cm³/mol. The van der Waals surface area contributed by atoms with Crippen LogP contribution in [0.4, 0.5) is 9.59 Å². The van der Waals surface area contributed by atoms with Crippen LogP contribution in [0.15, 0.2) is 30.3 Å². The lowest BCUT2D eigenvalue weighted by Gasteiger charge is -2.13. The maximum absolute atomic E-state index is 11.4. The zero-order valence-electron chi connectivity index (χ0n) is 10.1. The molecule has 0 fully saturated rings. The summed E-state index contributed by atoms with van der Waals surface area (Å²) in [6.07, 6.45) is 1.01. The first-order valence-corrected chi connectivity index (χ1v) is 5.40. The number of hydrogen-bond donors (Lipinski definition) is 2. The molecule has 0 aliphatic heterocycles. The average Bonchev–Trinajstić information content (AvgIpc) is 2.35. The minimum absolute atomic E-state index is 0.0647. The smallest absolute Gasteiger partial charge is 0.329 e. The summed E-state index contributed by atoms with van der Waals surface area (Å²) >= 11 is 0. The molecule has 19 heavy (non-hydrogen) atoms. The summed E-state index contributed by atoms with van der Waals surface area (Å²) in [6.45, 7) is 0.239. The number of imide groups is 3. The Balaban J connectivity index is 2.34. The van der Waals surface area contributed by atoms with Gasteiger partial charge in [-0.1, -0.05) is 30.3 Å². The van der Waals surface area contributed by atoms with Gasteiger partial charge >= 0.3 is 12.1 Å². The molecule has 0 spiro atoms. The number of carbonyl (C=O) groups excluding carboxylic acids is 3. The van der Waals surface area contributed by atoms with Crippen LogP contribution in [0.2, 0.25) is 0 Å². The number of amides is 5. The van der Waals surface area contributed by atoms with Gasteiger partial charge in [0, 0.05) is 0 Å². The summed E-state index contributed by atoms with van der Waals surface area (Å²) in [5, 5.41) is 0. The van der Waals surface area contributed by atoms with Crippen molar-refractivity contribution in [1.29, 1.82) is 0 Å². The quantitative estimate of drug-likeness (QED) is 0.748. The van der Waals surface area contributed by atoms with Gasteiger partial charge in [0.1, 0.15) is 0 Å². The van der Waals surface area contributed by atoms with Gasteiger partial charge in [0.05, 0.1) is 19.6 Å². The van der Waals surface area contributed by atoms with Crippen LogP contribution in [-0.4, -0.2) is 29.5 Å². The lowest BCUT2D eigenvalue weighted by molar-refractivity contribution is -0.123. The van der Waals surface area contributed by atoms with Crippen molar-refractivity contribution in [3.8, 4) is 0 Å². The highest BCUT2D eigenvalue weighted by atomic mass is 16.5. The molecule has 7 heteroatoms. The second-order valence-electron chi connectivity index (χ2n) is 3.55. The van der Waals surface area contributed by atoms with Crippen molar-refractivity contribution in [3.05, 3.63) is 42.3 Å². The van der Waals surface area contributed by atoms with Crippen molar-refractivity contribution < 1.29 is 19.1 Å². The Hall–Kier alpha value is -2.41. The molecule has 0 saturated heterocycles. The Kier molecular flexibility index (Phi) is 5.49. The fraction of sp³-hybridized carbons (Fsp3) is 0.167. The van der Waals surface area contributed by atoms with Gasteiger partial charge in [0.2, 0.25) is 5.91 Å². The number of primary amides is 2. The van der Waals surface area contributed by atoms with Crippen LogP contribution in [0.5, 0.6) is 0 Å². The topological polar surface area (TPSA) is 116 Å². The normalized spacial score (nSPS) is 9.89. The summed E-state index contributed by atoms with van der Waals surface area (Å²) in [4.78, 5) is 33.2. The number of nitrogens with two attached hydrogens (primary N) is 2. The van der Waals surface area contributed by atoms with E-state index in [1.165, 1.54) is 0 Å². The monoisotopic (exact) mass is 264 g/mol. The van der Waals surface area contributed by atoms with E-state index in [1.54, 1.807) is 0 Å². The van der Waals surface area contributed by atoms with E-state index in [2.05, 4.69) is 0 Å². The van der Waals surface area contributed by atoms with E-state index in [0.717, 1.165) is 12.0 Å². The van der Waals surface area contributed by atoms with Gasteiger partial charge in [0.15, 0.2) is 0 Å². The first-order chi connectivity index (χ1) is 9.02. The number of benzene rings is 1. The Morgan fingerprint density at radius 2 is 1.68 bits per heavy atom. The van der Waals surface area contributed by atoms with Gasteiger partial charge in [-0.05, 0) is 5.56 Å². The van der Waals surface area contributed by atoms with E-state index in [4.69, 9.17) is 16.2 Å². The third kappa shape index (κ3) is 4.76. The molecule has 0 atom stereocenters. The number of nitrogens with zero attached hydrogens (tertiary/aromatic N) is 1. The lowest BCUT2D eigenvalue weighted by Crippen LogP contribution is -2.48. The van der Waals surface area contributed by atoms with Gasteiger partial charge in [-0.2, -0.15) is 4.90 Å². The molecule has 0 aliphatic rings. The van der Waals surface area contributed by atoms with Crippen LogP contribution in [0, 0.1) is 6.42 Å². The molecule has 0 saturated carbocycles. The molecule has 7 nitrogen and oxygen atoms in total. The van der Waals surface area contributed by atoms with E-state index in [0.29, 0.717) is 6.61 Å². The maximum Gasteiger partial charge on any atom is 0.329 e. The van der Waals surface area contributed by atoms with Crippen LogP contribution >= 0.6 is 0 Å². The molecule has 1 rings (SSSR count). The Morgan fingerprint density at radius 1 is 1.11 bits per heavy atom. The maximum atomic E-state index is 11.4. The SMILES string of the molecule is NC(=O)N(C(N)=O)C(=O)[CH]COCc1ccccc1. The van der Waals surface area contributed by atoms with Crippen molar-refractivity contribution in [2.24, 2.45) is 11.5 Å². The van der Waals surface area contributed by atoms with Gasteiger partial charge in [-0.25, -0.2) is 9.59 Å². The third-order valence-electron chi connectivity index (χ3n) is 2.15. The molecule has 0 aromatic heterocycles. The summed E-state index contributed by atoms with van der Waals surface area (Å²) in [7, 11) is 0. The highest BCUT2D eigenvalue weighted by molar-refractivity contribution is 6.11. The zero-order chi connectivity index (χ0) is 14.3. The molecule has 0 aliphatic carbocycles. The molecular formula is C12H14N3O4. The second kappa shape index (κ2) is 7.12. The number of carbonyl (C=O) groups is 3. The van der Waals surface area contributed by atoms with Crippen LogP contribution in [0.3, 0.4) is 0 Å². The molecule has 5 amide bonds. The van der Waals surface area contributed by atoms with Crippen LogP contribution in [-0.2, 0) is 16.1 Å². The Bertz CT molecular complexity index is 447. The first kappa shape index (κ1) is 14.7. The molecule has 101 valence electrons. The first-order valence-electron chi connectivity index (χ1n) is 5.40. The van der Waals surface area contributed by atoms with Crippen molar-refractivity contribution in [1.82, 2.24) is 4.90 Å². The van der Waals surface area contributed by atoms with Gasteiger partial charge in [0.25, 0.3) is 0 Å². The molecule has 1 aromatic rings. The van der Waals surface area contributed by atoms with Crippen molar-refractivity contribution in [2.75, 3.05) is 6.61 Å². The largest absolute Gasteiger partial charge is 0.376 e. The number of ether oxygens (including phenoxy) is 1. The lowest BCUT2D eigenvalue weighted by atomic mass is 10.2. The summed E-state index contributed by atoms with van der Waals surface area (Å²) in [5.74, 6) is -0.909. The van der Waals surface area contributed by atoms with Gasteiger partial charge in [-0.3, -0.25) is 4.79 Å². The Labute approximate surface area is 110 Å². The fourth-order valence-electron chi connectivity index (χ4n) is 1.30. The van der Waals surface area contributed by atoms with E-state index >= 15 is 0 Å². The van der Waals surface area contributed by atoms with E-state index < -0.39 is 18.0 Å². The third-order valence-corrected chi connectivity index (χ3v) is 2.15. The Morgan fingerprint density at radius 3 is 2.21 bits per heavy atom. The molecule has 0 heterocycles.